The van der Waals surface area contributed by atoms with Gasteiger partial charge in [-0.25, -0.2) is 0 Å². The second-order valence-electron chi connectivity index (χ2n) is 6.61. The third kappa shape index (κ3) is 4.74. The maximum absolute atomic E-state index is 5.68. The zero-order valence-electron chi connectivity index (χ0n) is 15.1. The predicted molar refractivity (Wildman–Crippen MR) is 103 cm³/mol. The van der Waals surface area contributed by atoms with Gasteiger partial charge in [0.1, 0.15) is 12.3 Å². The number of benzene rings is 2. The highest BCUT2D eigenvalue weighted by Crippen LogP contribution is 2.27. The van der Waals surface area contributed by atoms with Crippen molar-refractivity contribution in [3.63, 3.8) is 0 Å². The molecule has 2 N–H and O–H groups in total. The standard InChI is InChI=1S/C22H26N2O/c1-24(2)20-12-10-18(11-13-20)17-23-15-14-21(22-9-6-16-25-22)19-7-4-3-5-8-19/h3-13,16,21,23H,14-15,17H2,1-2H3/p+1/t21-/m0/s1. The van der Waals surface area contributed by atoms with Crippen molar-refractivity contribution in [2.45, 2.75) is 18.9 Å². The first kappa shape index (κ1) is 17.3. The highest BCUT2D eigenvalue weighted by atomic mass is 16.3. The molecular formula is C22H27N2O+. The molecular weight excluding hydrogens is 308 g/mol. The van der Waals surface area contributed by atoms with Gasteiger partial charge in [0.05, 0.1) is 12.8 Å². The molecule has 0 amide bonds. The van der Waals surface area contributed by atoms with E-state index >= 15 is 0 Å². The Kier molecular flexibility index (Phi) is 5.91. The van der Waals surface area contributed by atoms with Crippen molar-refractivity contribution in [1.82, 2.24) is 0 Å². The summed E-state index contributed by atoms with van der Waals surface area (Å²) < 4.78 is 5.68. The van der Waals surface area contributed by atoms with Crippen molar-refractivity contribution < 1.29 is 9.73 Å². The Morgan fingerprint density at radius 2 is 1.68 bits per heavy atom. The topological polar surface area (TPSA) is 33.0 Å². The van der Waals surface area contributed by atoms with Gasteiger partial charge in [-0.15, -0.1) is 0 Å². The van der Waals surface area contributed by atoms with Crippen LogP contribution in [0.5, 0.6) is 0 Å². The van der Waals surface area contributed by atoms with Crippen molar-refractivity contribution >= 4 is 5.69 Å². The summed E-state index contributed by atoms with van der Waals surface area (Å²) in [5.41, 5.74) is 3.92. The number of nitrogens with two attached hydrogens (primary N) is 1. The van der Waals surface area contributed by atoms with Crippen LogP contribution in [0.1, 0.15) is 29.2 Å². The SMILES string of the molecule is CN(C)c1ccc(C[NH2+]CC[C@@H](c2ccccc2)c2ccco2)cc1. The van der Waals surface area contributed by atoms with Crippen molar-refractivity contribution in [1.29, 1.82) is 0 Å². The molecule has 3 rings (SSSR count). The Morgan fingerprint density at radius 3 is 2.32 bits per heavy atom. The molecule has 0 aliphatic heterocycles. The van der Waals surface area contributed by atoms with Gasteiger partial charge in [-0.05, 0) is 29.8 Å². The van der Waals surface area contributed by atoms with Crippen LogP contribution in [0.3, 0.4) is 0 Å². The number of hydrogen-bond donors (Lipinski definition) is 1. The van der Waals surface area contributed by atoms with Crippen LogP contribution >= 0.6 is 0 Å². The Labute approximate surface area is 150 Å². The van der Waals surface area contributed by atoms with E-state index in [0.717, 1.165) is 25.3 Å². The molecule has 2 aromatic carbocycles. The number of hydrogen-bond acceptors (Lipinski definition) is 2. The largest absolute Gasteiger partial charge is 0.469 e. The van der Waals surface area contributed by atoms with Gasteiger partial charge in [0.2, 0.25) is 0 Å². The van der Waals surface area contributed by atoms with E-state index in [1.165, 1.54) is 16.8 Å². The first-order valence-corrected chi connectivity index (χ1v) is 8.90. The molecule has 3 nitrogen and oxygen atoms in total. The maximum atomic E-state index is 5.68. The van der Waals surface area contributed by atoms with Gasteiger partial charge in [-0.2, -0.15) is 0 Å². The highest BCUT2D eigenvalue weighted by molar-refractivity contribution is 5.45. The molecule has 3 aromatic rings. The zero-order chi connectivity index (χ0) is 17.5. The minimum atomic E-state index is 0.323. The minimum absolute atomic E-state index is 0.323. The van der Waals surface area contributed by atoms with Gasteiger partial charge in [-0.1, -0.05) is 42.5 Å². The van der Waals surface area contributed by atoms with Crippen LogP contribution < -0.4 is 10.2 Å². The van der Waals surface area contributed by atoms with E-state index < -0.39 is 0 Å². The molecule has 130 valence electrons. The average molecular weight is 335 g/mol. The van der Waals surface area contributed by atoms with Crippen LogP contribution in [0, 0.1) is 0 Å². The molecule has 1 heterocycles. The second-order valence-corrected chi connectivity index (χ2v) is 6.61. The van der Waals surface area contributed by atoms with E-state index in [1.807, 2.05) is 6.07 Å². The Hall–Kier alpha value is -2.52. The molecule has 0 saturated heterocycles. The number of anilines is 1. The monoisotopic (exact) mass is 335 g/mol. The minimum Gasteiger partial charge on any atom is -0.469 e. The van der Waals surface area contributed by atoms with E-state index in [0.29, 0.717) is 5.92 Å². The molecule has 3 heteroatoms. The van der Waals surface area contributed by atoms with Crippen molar-refractivity contribution in [2.24, 2.45) is 0 Å². The van der Waals surface area contributed by atoms with Crippen molar-refractivity contribution in [3.05, 3.63) is 89.9 Å². The summed E-state index contributed by atoms with van der Waals surface area (Å²) in [6, 6.07) is 23.5. The van der Waals surface area contributed by atoms with Gasteiger partial charge in [0.15, 0.2) is 0 Å². The van der Waals surface area contributed by atoms with E-state index in [9.17, 15) is 0 Å². The van der Waals surface area contributed by atoms with Crippen LogP contribution in [0.2, 0.25) is 0 Å². The lowest BCUT2D eigenvalue weighted by molar-refractivity contribution is -0.671. The highest BCUT2D eigenvalue weighted by Gasteiger charge is 2.17. The molecule has 1 atom stereocenters. The summed E-state index contributed by atoms with van der Waals surface area (Å²) in [6.45, 7) is 2.07. The lowest BCUT2D eigenvalue weighted by atomic mass is 9.93. The summed E-state index contributed by atoms with van der Waals surface area (Å²) >= 11 is 0. The van der Waals surface area contributed by atoms with Crippen LogP contribution in [0.15, 0.2) is 77.4 Å². The van der Waals surface area contributed by atoms with Crippen LogP contribution in [-0.4, -0.2) is 20.6 Å². The molecule has 0 bridgehead atoms. The first-order chi connectivity index (χ1) is 12.2. The van der Waals surface area contributed by atoms with E-state index in [2.05, 4.69) is 85.0 Å². The Balaban J connectivity index is 1.55. The summed E-state index contributed by atoms with van der Waals surface area (Å²) in [7, 11) is 4.14. The number of furan rings is 1. The smallest absolute Gasteiger partial charge is 0.111 e. The summed E-state index contributed by atoms with van der Waals surface area (Å²) in [5, 5.41) is 2.38. The molecule has 0 spiro atoms. The molecule has 0 radical (unpaired) electrons. The quantitative estimate of drug-likeness (QED) is 0.638. The van der Waals surface area contributed by atoms with Crippen molar-refractivity contribution in [3.8, 4) is 0 Å². The molecule has 0 unspecified atom stereocenters. The van der Waals surface area contributed by atoms with Gasteiger partial charge in [-0.3, -0.25) is 0 Å². The predicted octanol–water partition coefficient (Wildman–Crippen LogP) is 3.63. The molecule has 0 saturated carbocycles. The molecule has 0 fully saturated rings. The summed E-state index contributed by atoms with van der Waals surface area (Å²) in [6.07, 6.45) is 2.83. The van der Waals surface area contributed by atoms with Crippen LogP contribution in [-0.2, 0) is 6.54 Å². The van der Waals surface area contributed by atoms with Gasteiger partial charge >= 0.3 is 0 Å². The first-order valence-electron chi connectivity index (χ1n) is 8.90. The van der Waals surface area contributed by atoms with E-state index in [4.69, 9.17) is 4.42 Å². The van der Waals surface area contributed by atoms with Gasteiger partial charge in [0.25, 0.3) is 0 Å². The molecule has 1 aromatic heterocycles. The fraction of sp³-hybridized carbons (Fsp3) is 0.273. The van der Waals surface area contributed by atoms with E-state index in [1.54, 1.807) is 6.26 Å². The summed E-state index contributed by atoms with van der Waals surface area (Å²) in [4.78, 5) is 2.13. The van der Waals surface area contributed by atoms with Crippen LogP contribution in [0.4, 0.5) is 5.69 Å². The second kappa shape index (κ2) is 8.54. The fourth-order valence-corrected chi connectivity index (χ4v) is 3.13. The number of quaternary nitrogens is 1. The van der Waals surface area contributed by atoms with Gasteiger partial charge in [0, 0.05) is 37.7 Å². The average Bonchev–Trinajstić information content (AvgIpc) is 3.17. The fourth-order valence-electron chi connectivity index (χ4n) is 3.13. The Bertz CT molecular complexity index is 733. The molecule has 25 heavy (non-hydrogen) atoms. The molecule has 0 aliphatic carbocycles. The lowest BCUT2D eigenvalue weighted by Crippen LogP contribution is -2.82. The van der Waals surface area contributed by atoms with Crippen LogP contribution in [0.25, 0.3) is 0 Å². The zero-order valence-corrected chi connectivity index (χ0v) is 15.1. The van der Waals surface area contributed by atoms with E-state index in [-0.39, 0.29) is 0 Å². The number of nitrogens with zero attached hydrogens (tertiary/aromatic N) is 1. The maximum Gasteiger partial charge on any atom is 0.111 e. The number of rotatable bonds is 8. The van der Waals surface area contributed by atoms with Crippen molar-refractivity contribution in [2.75, 3.05) is 25.5 Å². The third-order valence-electron chi connectivity index (χ3n) is 4.58. The third-order valence-corrected chi connectivity index (χ3v) is 4.58. The normalized spacial score (nSPS) is 12.1. The molecule has 0 aliphatic rings. The Morgan fingerprint density at radius 1 is 0.920 bits per heavy atom. The lowest BCUT2D eigenvalue weighted by Gasteiger charge is -2.15. The van der Waals surface area contributed by atoms with Gasteiger partial charge < -0.3 is 14.6 Å². The summed E-state index contributed by atoms with van der Waals surface area (Å²) in [5.74, 6) is 1.37.